The Hall–Kier alpha value is -2.21. The van der Waals surface area contributed by atoms with Crippen LogP contribution in [0, 0.1) is 20.8 Å². The summed E-state index contributed by atoms with van der Waals surface area (Å²) in [5.74, 6) is 0. The van der Waals surface area contributed by atoms with Gasteiger partial charge in [-0.25, -0.2) is 0 Å². The van der Waals surface area contributed by atoms with Crippen molar-refractivity contribution >= 4 is 0 Å². The van der Waals surface area contributed by atoms with Crippen LogP contribution < -0.4 is 0 Å². The van der Waals surface area contributed by atoms with Gasteiger partial charge in [-0.05, 0) is 0 Å². The molecule has 0 heterocycles. The third-order valence-corrected chi connectivity index (χ3v) is 2.53. The molecular weight excluding hydrogens is 308 g/mol. The van der Waals surface area contributed by atoms with Crippen molar-refractivity contribution in [2.45, 2.75) is 0 Å². The van der Waals surface area contributed by atoms with E-state index >= 15 is 0 Å². The maximum absolute atomic E-state index is 3.72. The average molecular weight is 329 g/mol. The zero-order valence-corrected chi connectivity index (χ0v) is 13.7. The molecule has 0 aliphatic rings. The van der Waals surface area contributed by atoms with Crippen LogP contribution in [0.4, 0.5) is 0 Å². The first kappa shape index (κ1) is 19.8. The van der Waals surface area contributed by atoms with Crippen molar-refractivity contribution in [3.8, 4) is 0 Å². The molecule has 0 atom stereocenters. The van der Waals surface area contributed by atoms with Crippen molar-refractivity contribution in [1.82, 2.24) is 0 Å². The van der Waals surface area contributed by atoms with E-state index in [1.165, 1.54) is 0 Å². The molecule has 0 aliphatic carbocycles. The van der Waals surface area contributed by atoms with Gasteiger partial charge in [0.05, 0.1) is 0 Å². The molecule has 0 amide bonds. The molecule has 0 nitrogen and oxygen atoms in total. The Labute approximate surface area is 145 Å². The first-order valence-corrected chi connectivity index (χ1v) is 6.79. The monoisotopic (exact) mass is 329 g/mol. The van der Waals surface area contributed by atoms with Gasteiger partial charge in [0.25, 0.3) is 0 Å². The minimum absolute atomic E-state index is 0. The summed E-state index contributed by atoms with van der Waals surface area (Å²) in [5.41, 5.74) is 3.22. The van der Waals surface area contributed by atoms with Crippen LogP contribution in [-0.4, -0.2) is 0 Å². The fourth-order valence-electron chi connectivity index (χ4n) is 1.43. The van der Waals surface area contributed by atoms with Gasteiger partial charge in [0.15, 0.2) is 0 Å². The van der Waals surface area contributed by atoms with Crippen molar-refractivity contribution in [1.29, 1.82) is 0 Å². The SMILES string of the molecule is [CH2-]c1ccccc1.[CH2-]c1ccccc1.[CH2-]c1ccccc1.[Fe+3]. The van der Waals surface area contributed by atoms with E-state index in [0.717, 1.165) is 16.7 Å². The van der Waals surface area contributed by atoms with Crippen molar-refractivity contribution < 1.29 is 17.1 Å². The fraction of sp³-hybridized carbons (Fsp3) is 0. The van der Waals surface area contributed by atoms with Crippen molar-refractivity contribution in [3.05, 3.63) is 128 Å². The Morgan fingerprint density at radius 1 is 0.364 bits per heavy atom. The molecule has 0 spiro atoms. The van der Waals surface area contributed by atoms with Crippen LogP contribution in [-0.2, 0) is 17.1 Å². The Morgan fingerprint density at radius 3 is 0.636 bits per heavy atom. The van der Waals surface area contributed by atoms with Crippen LogP contribution in [0.1, 0.15) is 16.7 Å². The maximum atomic E-state index is 3.72. The Morgan fingerprint density at radius 2 is 0.545 bits per heavy atom. The number of rotatable bonds is 0. The summed E-state index contributed by atoms with van der Waals surface area (Å²) in [5, 5.41) is 0. The maximum Gasteiger partial charge on any atom is 3.00 e. The summed E-state index contributed by atoms with van der Waals surface area (Å²) in [6.45, 7) is 11.2. The summed E-state index contributed by atoms with van der Waals surface area (Å²) >= 11 is 0. The van der Waals surface area contributed by atoms with Crippen LogP contribution in [0.15, 0.2) is 91.0 Å². The van der Waals surface area contributed by atoms with Gasteiger partial charge >= 0.3 is 17.1 Å². The molecule has 0 saturated heterocycles. The Kier molecular flexibility index (Phi) is 11.3. The number of benzene rings is 3. The molecule has 0 fully saturated rings. The minimum atomic E-state index is 0. The molecule has 3 rings (SSSR count). The molecule has 1 heteroatoms. The zero-order valence-electron chi connectivity index (χ0n) is 12.6. The normalized spacial score (nSPS) is 8.18. The molecule has 0 saturated carbocycles. The van der Waals surface area contributed by atoms with E-state index in [-0.39, 0.29) is 17.1 Å². The minimum Gasteiger partial charge on any atom is -0.199 e. The second-order valence-electron chi connectivity index (χ2n) is 4.46. The molecule has 1 radical (unpaired) electrons. The molecule has 0 bridgehead atoms. The molecule has 113 valence electrons. The predicted molar refractivity (Wildman–Crippen MR) is 92.7 cm³/mol. The van der Waals surface area contributed by atoms with E-state index < -0.39 is 0 Å². The molecule has 22 heavy (non-hydrogen) atoms. The summed E-state index contributed by atoms with van der Waals surface area (Å²) in [4.78, 5) is 0. The van der Waals surface area contributed by atoms with Gasteiger partial charge in [0.1, 0.15) is 0 Å². The van der Waals surface area contributed by atoms with Gasteiger partial charge in [-0.15, -0.1) is 36.4 Å². The molecule has 0 unspecified atom stereocenters. The first-order valence-electron chi connectivity index (χ1n) is 6.79. The molecule has 0 aromatic heterocycles. The standard InChI is InChI=1S/3C7H7.Fe/c3*1-7-5-3-2-4-6-7;/h3*2-6H,1H2;/q3*-1;+3. The van der Waals surface area contributed by atoms with Crippen molar-refractivity contribution in [2.75, 3.05) is 0 Å². The number of hydrogen-bond acceptors (Lipinski definition) is 0. The van der Waals surface area contributed by atoms with Gasteiger partial charge in [0, 0.05) is 0 Å². The van der Waals surface area contributed by atoms with E-state index in [4.69, 9.17) is 0 Å². The predicted octanol–water partition coefficient (Wildman–Crippen LogP) is 5.60. The summed E-state index contributed by atoms with van der Waals surface area (Å²) in [6, 6.07) is 29.6. The van der Waals surface area contributed by atoms with Gasteiger partial charge < -0.3 is 0 Å². The summed E-state index contributed by atoms with van der Waals surface area (Å²) in [7, 11) is 0. The van der Waals surface area contributed by atoms with E-state index in [0.29, 0.717) is 0 Å². The van der Waals surface area contributed by atoms with Crippen LogP contribution >= 0.6 is 0 Å². The van der Waals surface area contributed by atoms with E-state index in [2.05, 4.69) is 20.8 Å². The largest absolute Gasteiger partial charge is 3.00 e. The fourth-order valence-corrected chi connectivity index (χ4v) is 1.43. The third kappa shape index (κ3) is 10.6. The Bertz CT molecular complexity index is 485. The van der Waals surface area contributed by atoms with E-state index in [1.807, 2.05) is 91.0 Å². The summed E-state index contributed by atoms with van der Waals surface area (Å²) < 4.78 is 0. The topological polar surface area (TPSA) is 0 Å². The van der Waals surface area contributed by atoms with Crippen LogP contribution in [0.2, 0.25) is 0 Å². The second-order valence-corrected chi connectivity index (χ2v) is 4.46. The van der Waals surface area contributed by atoms with E-state index in [9.17, 15) is 0 Å². The first-order chi connectivity index (χ1) is 10.2. The smallest absolute Gasteiger partial charge is 0.199 e. The quantitative estimate of drug-likeness (QED) is 0.372. The molecule has 0 N–H and O–H groups in total. The second kappa shape index (κ2) is 12.5. The van der Waals surface area contributed by atoms with E-state index in [1.54, 1.807) is 0 Å². The molecule has 3 aromatic rings. The van der Waals surface area contributed by atoms with Gasteiger partial charge in [-0.2, -0.15) is 73.9 Å². The van der Waals surface area contributed by atoms with Crippen LogP contribution in [0.25, 0.3) is 0 Å². The molecular formula is C21H21Fe. The van der Waals surface area contributed by atoms with Gasteiger partial charge in [0.2, 0.25) is 0 Å². The zero-order chi connectivity index (χ0) is 15.3. The van der Waals surface area contributed by atoms with Crippen molar-refractivity contribution in [2.24, 2.45) is 0 Å². The third-order valence-electron chi connectivity index (χ3n) is 2.53. The Balaban J connectivity index is 0.000000294. The summed E-state index contributed by atoms with van der Waals surface area (Å²) in [6.07, 6.45) is 0. The molecule has 0 aliphatic heterocycles. The number of hydrogen-bond donors (Lipinski definition) is 0. The average Bonchev–Trinajstić information content (AvgIpc) is 2.51. The van der Waals surface area contributed by atoms with Crippen LogP contribution in [0.3, 0.4) is 0 Å². The van der Waals surface area contributed by atoms with Gasteiger partial charge in [-0.1, -0.05) is 18.2 Å². The molecule has 3 aromatic carbocycles. The van der Waals surface area contributed by atoms with Gasteiger partial charge in [-0.3, -0.25) is 0 Å². The van der Waals surface area contributed by atoms with Crippen LogP contribution in [0.5, 0.6) is 0 Å². The van der Waals surface area contributed by atoms with Crippen molar-refractivity contribution in [3.63, 3.8) is 0 Å².